The molecule has 0 amide bonds. The minimum atomic E-state index is -0.463. The van der Waals surface area contributed by atoms with Crippen molar-refractivity contribution in [2.45, 2.75) is 32.9 Å². The van der Waals surface area contributed by atoms with Gasteiger partial charge in [0.25, 0.3) is 0 Å². The number of hydrogen-bond acceptors (Lipinski definition) is 3. The van der Waals surface area contributed by atoms with Crippen molar-refractivity contribution < 1.29 is 8.78 Å². The van der Waals surface area contributed by atoms with Crippen LogP contribution in [0.1, 0.15) is 30.9 Å². The molecule has 0 unspecified atom stereocenters. The normalized spacial score (nSPS) is 15.0. The highest BCUT2D eigenvalue weighted by atomic mass is 127. The van der Waals surface area contributed by atoms with Gasteiger partial charge in [0.2, 0.25) is 0 Å². The summed E-state index contributed by atoms with van der Waals surface area (Å²) in [6.45, 7) is 5.09. The van der Waals surface area contributed by atoms with Gasteiger partial charge in [-0.1, -0.05) is 13.0 Å². The van der Waals surface area contributed by atoms with Gasteiger partial charge < -0.3 is 15.5 Å². The first-order chi connectivity index (χ1) is 13.5. The molecule has 0 atom stereocenters. The van der Waals surface area contributed by atoms with E-state index in [4.69, 9.17) is 0 Å². The number of hydrogen-bond donors (Lipinski definition) is 2. The van der Waals surface area contributed by atoms with Gasteiger partial charge >= 0.3 is 0 Å². The van der Waals surface area contributed by atoms with Crippen LogP contribution in [-0.2, 0) is 13.1 Å². The molecule has 0 bridgehead atoms. The minimum Gasteiger partial charge on any atom is -0.357 e. The number of piperidine rings is 1. The van der Waals surface area contributed by atoms with Crippen LogP contribution in [0.5, 0.6) is 0 Å². The molecule has 29 heavy (non-hydrogen) atoms. The van der Waals surface area contributed by atoms with Crippen LogP contribution in [-0.4, -0.2) is 31.1 Å². The van der Waals surface area contributed by atoms with E-state index in [0.29, 0.717) is 12.5 Å². The summed E-state index contributed by atoms with van der Waals surface area (Å²) in [4.78, 5) is 11.0. The summed E-state index contributed by atoms with van der Waals surface area (Å²) < 4.78 is 27.0. The number of aromatic nitrogens is 1. The van der Waals surface area contributed by atoms with Gasteiger partial charge in [0.05, 0.1) is 0 Å². The summed E-state index contributed by atoms with van der Waals surface area (Å²) >= 11 is 0. The Morgan fingerprint density at radius 2 is 1.86 bits per heavy atom. The van der Waals surface area contributed by atoms with Crippen molar-refractivity contribution in [3.8, 4) is 0 Å². The Morgan fingerprint density at radius 3 is 2.52 bits per heavy atom. The molecular formula is C21H28F2IN5. The van der Waals surface area contributed by atoms with E-state index in [2.05, 4.69) is 32.4 Å². The van der Waals surface area contributed by atoms with Crippen molar-refractivity contribution in [2.75, 3.05) is 25.0 Å². The number of nitrogens with zero attached hydrogens (tertiary/aromatic N) is 3. The van der Waals surface area contributed by atoms with Crippen LogP contribution in [0.15, 0.2) is 41.5 Å². The van der Waals surface area contributed by atoms with E-state index in [9.17, 15) is 8.78 Å². The number of pyridine rings is 1. The lowest BCUT2D eigenvalue weighted by molar-refractivity contribution is 0.436. The fraction of sp³-hybridized carbons (Fsp3) is 0.429. The van der Waals surface area contributed by atoms with Crippen molar-refractivity contribution in [3.05, 3.63) is 59.3 Å². The van der Waals surface area contributed by atoms with Crippen LogP contribution in [0, 0.1) is 17.6 Å². The summed E-state index contributed by atoms with van der Waals surface area (Å²) in [5.41, 5.74) is 1.28. The summed E-state index contributed by atoms with van der Waals surface area (Å²) in [5, 5.41) is 6.16. The molecule has 0 radical (unpaired) electrons. The van der Waals surface area contributed by atoms with Crippen LogP contribution in [0.3, 0.4) is 0 Å². The first-order valence-corrected chi connectivity index (χ1v) is 9.63. The van der Waals surface area contributed by atoms with Gasteiger partial charge in [0, 0.05) is 45.0 Å². The molecule has 0 saturated carbocycles. The summed E-state index contributed by atoms with van der Waals surface area (Å²) in [5.74, 6) is 1.41. The van der Waals surface area contributed by atoms with Gasteiger partial charge in [-0.2, -0.15) is 0 Å². The number of aliphatic imine (C=N–C) groups is 1. The zero-order valence-electron chi connectivity index (χ0n) is 16.8. The van der Waals surface area contributed by atoms with E-state index < -0.39 is 11.6 Å². The molecular weight excluding hydrogens is 487 g/mol. The lowest BCUT2D eigenvalue weighted by Gasteiger charge is -2.31. The Hall–Kier alpha value is -1.97. The second-order valence-electron chi connectivity index (χ2n) is 7.21. The van der Waals surface area contributed by atoms with E-state index in [0.717, 1.165) is 42.5 Å². The molecule has 5 nitrogen and oxygen atoms in total. The number of halogens is 3. The molecule has 2 N–H and O–H groups in total. The Kier molecular flexibility index (Phi) is 9.06. The fourth-order valence-electron chi connectivity index (χ4n) is 3.21. The van der Waals surface area contributed by atoms with E-state index in [-0.39, 0.29) is 36.1 Å². The van der Waals surface area contributed by atoms with Crippen LogP contribution in [0.4, 0.5) is 14.6 Å². The lowest BCUT2D eigenvalue weighted by Crippen LogP contribution is -2.36. The molecule has 1 aromatic carbocycles. The van der Waals surface area contributed by atoms with Gasteiger partial charge in [-0.15, -0.1) is 24.0 Å². The van der Waals surface area contributed by atoms with Crippen molar-refractivity contribution >= 4 is 35.8 Å². The third-order valence-corrected chi connectivity index (χ3v) is 5.05. The molecule has 158 valence electrons. The number of nitrogens with one attached hydrogen (secondary N) is 2. The monoisotopic (exact) mass is 515 g/mol. The molecule has 2 aromatic rings. The third-order valence-electron chi connectivity index (χ3n) is 5.05. The molecule has 1 saturated heterocycles. The summed E-state index contributed by atoms with van der Waals surface area (Å²) in [7, 11) is 1.63. The van der Waals surface area contributed by atoms with Gasteiger partial charge in [-0.05, 0) is 48.6 Å². The van der Waals surface area contributed by atoms with Crippen LogP contribution >= 0.6 is 24.0 Å². The first kappa shape index (κ1) is 23.3. The maximum absolute atomic E-state index is 13.7. The van der Waals surface area contributed by atoms with Crippen LogP contribution in [0.2, 0.25) is 0 Å². The zero-order valence-corrected chi connectivity index (χ0v) is 19.1. The molecule has 1 fully saturated rings. The quantitative estimate of drug-likeness (QED) is 0.358. The Bertz CT molecular complexity index is 805. The highest BCUT2D eigenvalue weighted by Crippen LogP contribution is 2.21. The minimum absolute atomic E-state index is 0. The highest BCUT2D eigenvalue weighted by Gasteiger charge is 2.16. The molecule has 1 aliphatic rings. The molecule has 0 spiro atoms. The van der Waals surface area contributed by atoms with Gasteiger partial charge in [-0.3, -0.25) is 4.99 Å². The number of anilines is 1. The van der Waals surface area contributed by atoms with E-state index in [1.165, 1.54) is 18.9 Å². The van der Waals surface area contributed by atoms with Crippen LogP contribution in [0.25, 0.3) is 0 Å². The van der Waals surface area contributed by atoms with Gasteiger partial charge in [-0.25, -0.2) is 13.8 Å². The van der Waals surface area contributed by atoms with E-state index in [1.807, 2.05) is 18.3 Å². The fourth-order valence-corrected chi connectivity index (χ4v) is 3.21. The molecule has 2 heterocycles. The van der Waals surface area contributed by atoms with Gasteiger partial charge in [0.1, 0.15) is 17.5 Å². The number of guanidine groups is 1. The van der Waals surface area contributed by atoms with Crippen molar-refractivity contribution in [1.29, 1.82) is 0 Å². The average molecular weight is 515 g/mol. The molecule has 0 aliphatic carbocycles. The zero-order chi connectivity index (χ0) is 19.9. The van der Waals surface area contributed by atoms with Crippen molar-refractivity contribution in [3.63, 3.8) is 0 Å². The largest absolute Gasteiger partial charge is 0.357 e. The van der Waals surface area contributed by atoms with E-state index >= 15 is 0 Å². The lowest BCUT2D eigenvalue weighted by atomic mass is 9.99. The van der Waals surface area contributed by atoms with Crippen LogP contribution < -0.4 is 15.5 Å². The summed E-state index contributed by atoms with van der Waals surface area (Å²) in [6, 6.07) is 7.50. The number of rotatable bonds is 5. The Morgan fingerprint density at radius 1 is 1.14 bits per heavy atom. The molecule has 8 heteroatoms. The van der Waals surface area contributed by atoms with E-state index in [1.54, 1.807) is 7.05 Å². The second-order valence-corrected chi connectivity index (χ2v) is 7.21. The molecule has 3 rings (SSSR count). The first-order valence-electron chi connectivity index (χ1n) is 9.63. The smallest absolute Gasteiger partial charge is 0.191 e. The molecule has 1 aliphatic heterocycles. The van der Waals surface area contributed by atoms with Crippen molar-refractivity contribution in [2.24, 2.45) is 10.9 Å². The highest BCUT2D eigenvalue weighted by molar-refractivity contribution is 14.0. The number of benzene rings is 1. The summed E-state index contributed by atoms with van der Waals surface area (Å²) in [6.07, 6.45) is 4.28. The topological polar surface area (TPSA) is 52.6 Å². The maximum atomic E-state index is 13.7. The Balaban J connectivity index is 0.00000300. The maximum Gasteiger partial charge on any atom is 0.191 e. The van der Waals surface area contributed by atoms with Gasteiger partial charge in [0.15, 0.2) is 5.96 Å². The SMILES string of the molecule is CN=C(NCc1ccc(N2CCC(C)CC2)nc1)NCc1cc(F)ccc1F.I. The average Bonchev–Trinajstić information content (AvgIpc) is 2.71. The second kappa shape index (κ2) is 11.3. The predicted molar refractivity (Wildman–Crippen MR) is 124 cm³/mol. The third kappa shape index (κ3) is 6.80. The van der Waals surface area contributed by atoms with Crippen molar-refractivity contribution in [1.82, 2.24) is 15.6 Å². The predicted octanol–water partition coefficient (Wildman–Crippen LogP) is 4.08. The Labute approximate surface area is 188 Å². The molecule has 1 aromatic heterocycles. The standard InChI is InChI=1S/C21H27F2N5.HI/c1-15-7-9-28(10-8-15)20-6-3-16(12-25-20)13-26-21(24-2)27-14-17-11-18(22)4-5-19(17)23;/h3-6,11-12,15H,7-10,13-14H2,1-2H3,(H2,24,26,27);1H.